The second kappa shape index (κ2) is 8.18. The van der Waals surface area contributed by atoms with Crippen LogP contribution in [0.25, 0.3) is 11.3 Å². The van der Waals surface area contributed by atoms with Crippen LogP contribution in [0.15, 0.2) is 68.1 Å². The van der Waals surface area contributed by atoms with Crippen molar-refractivity contribution >= 4 is 21.8 Å². The van der Waals surface area contributed by atoms with Crippen molar-refractivity contribution in [2.45, 2.75) is 13.1 Å². The Bertz CT molecular complexity index is 810. The van der Waals surface area contributed by atoms with E-state index in [2.05, 4.69) is 21.2 Å². The number of amides is 1. The van der Waals surface area contributed by atoms with Crippen molar-refractivity contribution < 1.29 is 13.6 Å². The number of hydrogen-bond acceptors (Lipinski definition) is 4. The summed E-state index contributed by atoms with van der Waals surface area (Å²) in [6.45, 7) is 1.24. The number of halogens is 1. The number of carbonyl (C=O) groups excluding carboxylic acids is 1. The van der Waals surface area contributed by atoms with Crippen LogP contribution >= 0.6 is 15.9 Å². The van der Waals surface area contributed by atoms with Gasteiger partial charge in [0.15, 0.2) is 0 Å². The average molecular weight is 403 g/mol. The van der Waals surface area contributed by atoms with Crippen LogP contribution in [0.1, 0.15) is 11.5 Å². The van der Waals surface area contributed by atoms with Crippen LogP contribution < -0.4 is 5.32 Å². The summed E-state index contributed by atoms with van der Waals surface area (Å²) in [5.41, 5.74) is 1.02. The molecule has 0 spiro atoms. The SMILES string of the molecule is CN(CC(=O)NCc1ccco1)Cc1ccc(-c2ccc(Br)cc2)o1. The third kappa shape index (κ3) is 5.08. The fraction of sp³-hybridized carbons (Fsp3) is 0.211. The molecule has 6 heteroatoms. The Balaban J connectivity index is 1.50. The molecule has 0 atom stereocenters. The lowest BCUT2D eigenvalue weighted by Gasteiger charge is -2.14. The van der Waals surface area contributed by atoms with E-state index in [9.17, 15) is 4.79 Å². The second-order valence-electron chi connectivity index (χ2n) is 5.80. The number of likely N-dealkylation sites (N-methyl/N-ethyl adjacent to an activating group) is 1. The van der Waals surface area contributed by atoms with E-state index in [-0.39, 0.29) is 12.5 Å². The molecule has 25 heavy (non-hydrogen) atoms. The lowest BCUT2D eigenvalue weighted by Crippen LogP contribution is -2.34. The van der Waals surface area contributed by atoms with Crippen molar-refractivity contribution in [1.29, 1.82) is 0 Å². The van der Waals surface area contributed by atoms with Crippen LogP contribution in [-0.2, 0) is 17.9 Å². The summed E-state index contributed by atoms with van der Waals surface area (Å²) in [4.78, 5) is 13.9. The van der Waals surface area contributed by atoms with E-state index >= 15 is 0 Å². The van der Waals surface area contributed by atoms with Gasteiger partial charge in [-0.1, -0.05) is 28.1 Å². The molecule has 0 saturated heterocycles. The van der Waals surface area contributed by atoms with Crippen LogP contribution in [0.3, 0.4) is 0 Å². The Kier molecular flexibility index (Phi) is 5.73. The van der Waals surface area contributed by atoms with Gasteiger partial charge >= 0.3 is 0 Å². The highest BCUT2D eigenvalue weighted by Crippen LogP contribution is 2.24. The molecule has 1 aromatic carbocycles. The third-order valence-electron chi connectivity index (χ3n) is 3.67. The maximum absolute atomic E-state index is 12.0. The Hall–Kier alpha value is -2.31. The molecule has 130 valence electrons. The van der Waals surface area contributed by atoms with Gasteiger partial charge in [0.05, 0.1) is 25.9 Å². The molecule has 5 nitrogen and oxygen atoms in total. The molecule has 0 aliphatic rings. The molecule has 0 unspecified atom stereocenters. The Labute approximate surface area is 154 Å². The number of nitrogens with one attached hydrogen (secondary N) is 1. The highest BCUT2D eigenvalue weighted by atomic mass is 79.9. The quantitative estimate of drug-likeness (QED) is 0.647. The third-order valence-corrected chi connectivity index (χ3v) is 4.20. The van der Waals surface area contributed by atoms with Crippen LogP contribution in [0.4, 0.5) is 0 Å². The first kappa shape index (κ1) is 17.5. The molecule has 0 aliphatic carbocycles. The van der Waals surface area contributed by atoms with Crippen LogP contribution in [-0.4, -0.2) is 24.4 Å². The molecule has 2 heterocycles. The summed E-state index contributed by atoms with van der Waals surface area (Å²) in [7, 11) is 1.88. The normalized spacial score (nSPS) is 11.0. The number of nitrogens with zero attached hydrogens (tertiary/aromatic N) is 1. The zero-order valence-electron chi connectivity index (χ0n) is 13.9. The van der Waals surface area contributed by atoms with Gasteiger partial charge in [-0.05, 0) is 43.4 Å². The number of hydrogen-bond donors (Lipinski definition) is 1. The molecule has 0 radical (unpaired) electrons. The largest absolute Gasteiger partial charge is 0.467 e. The van der Waals surface area contributed by atoms with Crippen LogP contribution in [0.2, 0.25) is 0 Å². The Morgan fingerprint density at radius 2 is 1.92 bits per heavy atom. The first-order valence-corrected chi connectivity index (χ1v) is 8.72. The average Bonchev–Trinajstić information content (AvgIpc) is 3.25. The van der Waals surface area contributed by atoms with Gasteiger partial charge in [0, 0.05) is 10.0 Å². The van der Waals surface area contributed by atoms with E-state index in [1.54, 1.807) is 12.3 Å². The maximum atomic E-state index is 12.0. The van der Waals surface area contributed by atoms with Gasteiger partial charge in [-0.2, -0.15) is 0 Å². The predicted octanol–water partition coefficient (Wildman–Crippen LogP) is 4.05. The first-order valence-electron chi connectivity index (χ1n) is 7.92. The molecule has 0 saturated carbocycles. The van der Waals surface area contributed by atoms with E-state index in [4.69, 9.17) is 8.83 Å². The Morgan fingerprint density at radius 1 is 1.12 bits per heavy atom. The topological polar surface area (TPSA) is 58.6 Å². The van der Waals surface area contributed by atoms with E-state index in [0.29, 0.717) is 13.1 Å². The summed E-state index contributed by atoms with van der Waals surface area (Å²) in [6.07, 6.45) is 1.59. The molecule has 3 rings (SSSR count). The maximum Gasteiger partial charge on any atom is 0.234 e. The van der Waals surface area contributed by atoms with E-state index < -0.39 is 0 Å². The first-order chi connectivity index (χ1) is 12.1. The van der Waals surface area contributed by atoms with Gasteiger partial charge < -0.3 is 14.2 Å². The van der Waals surface area contributed by atoms with Crippen molar-refractivity contribution in [2.75, 3.05) is 13.6 Å². The van der Waals surface area contributed by atoms with Crippen molar-refractivity contribution in [3.8, 4) is 11.3 Å². The molecule has 1 amide bonds. The molecule has 2 aromatic heterocycles. The van der Waals surface area contributed by atoms with E-state index in [1.165, 1.54) is 0 Å². The smallest absolute Gasteiger partial charge is 0.234 e. The highest BCUT2D eigenvalue weighted by Gasteiger charge is 2.11. The standard InChI is InChI=1S/C19H19BrN2O3/c1-22(13-19(23)21-11-16-3-2-10-24-16)12-17-8-9-18(25-17)14-4-6-15(20)7-5-14/h2-10H,11-13H2,1H3,(H,21,23). The fourth-order valence-electron chi connectivity index (χ4n) is 2.45. The van der Waals surface area contributed by atoms with Gasteiger partial charge in [-0.15, -0.1) is 0 Å². The van der Waals surface area contributed by atoms with Crippen LogP contribution in [0.5, 0.6) is 0 Å². The van der Waals surface area contributed by atoms with Crippen molar-refractivity contribution in [3.63, 3.8) is 0 Å². The van der Waals surface area contributed by atoms with Crippen molar-refractivity contribution in [2.24, 2.45) is 0 Å². The number of rotatable bonds is 7. The van der Waals surface area contributed by atoms with Crippen molar-refractivity contribution in [1.82, 2.24) is 10.2 Å². The molecule has 3 aromatic rings. The summed E-state index contributed by atoms with van der Waals surface area (Å²) in [6, 6.07) is 15.5. The number of benzene rings is 1. The van der Waals surface area contributed by atoms with Gasteiger partial charge in [0.25, 0.3) is 0 Å². The minimum absolute atomic E-state index is 0.0569. The van der Waals surface area contributed by atoms with Crippen molar-refractivity contribution in [3.05, 3.63) is 70.8 Å². The zero-order valence-corrected chi connectivity index (χ0v) is 15.5. The minimum atomic E-state index is -0.0569. The summed E-state index contributed by atoms with van der Waals surface area (Å²) < 4.78 is 12.1. The van der Waals surface area contributed by atoms with E-state index in [1.807, 2.05) is 54.4 Å². The molecule has 0 bridgehead atoms. The number of carbonyl (C=O) groups is 1. The second-order valence-corrected chi connectivity index (χ2v) is 6.72. The summed E-state index contributed by atoms with van der Waals surface area (Å²) in [5.74, 6) is 2.32. The van der Waals surface area contributed by atoms with E-state index in [0.717, 1.165) is 27.3 Å². The lowest BCUT2D eigenvalue weighted by molar-refractivity contribution is -0.122. The zero-order chi connectivity index (χ0) is 17.6. The molecule has 0 aliphatic heterocycles. The minimum Gasteiger partial charge on any atom is -0.467 e. The highest BCUT2D eigenvalue weighted by molar-refractivity contribution is 9.10. The van der Waals surface area contributed by atoms with Gasteiger partial charge in [-0.25, -0.2) is 0 Å². The molecular weight excluding hydrogens is 384 g/mol. The molecular formula is C19H19BrN2O3. The van der Waals surface area contributed by atoms with Crippen LogP contribution in [0, 0.1) is 0 Å². The van der Waals surface area contributed by atoms with Gasteiger partial charge in [0.2, 0.25) is 5.91 Å². The summed E-state index contributed by atoms with van der Waals surface area (Å²) in [5, 5.41) is 2.83. The van der Waals surface area contributed by atoms with Gasteiger partial charge in [0.1, 0.15) is 17.3 Å². The fourth-order valence-corrected chi connectivity index (χ4v) is 2.72. The molecule has 0 fully saturated rings. The number of furan rings is 2. The monoisotopic (exact) mass is 402 g/mol. The lowest BCUT2D eigenvalue weighted by atomic mass is 10.2. The Morgan fingerprint density at radius 3 is 2.64 bits per heavy atom. The molecule has 1 N–H and O–H groups in total. The van der Waals surface area contributed by atoms with Gasteiger partial charge in [-0.3, -0.25) is 9.69 Å². The summed E-state index contributed by atoms with van der Waals surface area (Å²) >= 11 is 3.42. The predicted molar refractivity (Wildman–Crippen MR) is 98.7 cm³/mol.